The number of unbranched alkanes of at least 4 members (excludes halogenated alkanes) is 2. The van der Waals surface area contributed by atoms with Crippen molar-refractivity contribution in [2.45, 2.75) is 45.8 Å². The van der Waals surface area contributed by atoms with Crippen LogP contribution in [0.5, 0.6) is 0 Å². The molecule has 1 aromatic heterocycles. The summed E-state index contributed by atoms with van der Waals surface area (Å²) in [6, 6.07) is 7.44. The molecular formula is C19H25ClN2OSi. The van der Waals surface area contributed by atoms with Crippen molar-refractivity contribution in [3.05, 3.63) is 46.9 Å². The highest BCUT2D eigenvalue weighted by Gasteiger charge is 2.28. The second-order valence-electron chi connectivity index (χ2n) is 6.90. The van der Waals surface area contributed by atoms with E-state index in [1.165, 1.54) is 6.42 Å². The molecule has 0 aliphatic heterocycles. The van der Waals surface area contributed by atoms with E-state index in [2.05, 4.69) is 43.5 Å². The summed E-state index contributed by atoms with van der Waals surface area (Å²) in [5.74, 6) is 0.659. The van der Waals surface area contributed by atoms with E-state index < -0.39 is 8.07 Å². The third-order valence-corrected chi connectivity index (χ3v) is 5.89. The van der Waals surface area contributed by atoms with E-state index in [0.717, 1.165) is 23.6 Å². The van der Waals surface area contributed by atoms with E-state index in [4.69, 9.17) is 21.9 Å². The third-order valence-electron chi connectivity index (χ3n) is 3.77. The Morgan fingerprint density at radius 1 is 1.29 bits per heavy atom. The Morgan fingerprint density at radius 2 is 1.96 bits per heavy atom. The Kier molecular flexibility index (Phi) is 6.11. The van der Waals surface area contributed by atoms with Gasteiger partial charge < -0.3 is 10.3 Å². The molecule has 3 nitrogen and oxygen atoms in total. The van der Waals surface area contributed by atoms with E-state index in [9.17, 15) is 0 Å². The van der Waals surface area contributed by atoms with Crippen LogP contribution in [0, 0.1) is 0 Å². The zero-order valence-electron chi connectivity index (χ0n) is 14.8. The fraction of sp³-hybridized carbons (Fsp3) is 0.368. The van der Waals surface area contributed by atoms with Gasteiger partial charge >= 0.3 is 0 Å². The van der Waals surface area contributed by atoms with Crippen molar-refractivity contribution < 1.29 is 4.52 Å². The molecule has 0 unspecified atom stereocenters. The number of nitrogens with zero attached hydrogens (tertiary/aromatic N) is 1. The average molecular weight is 361 g/mol. The Hall–Kier alpha value is -1.74. The van der Waals surface area contributed by atoms with Crippen LogP contribution >= 0.6 is 11.6 Å². The van der Waals surface area contributed by atoms with Crippen molar-refractivity contribution >= 4 is 30.6 Å². The topological polar surface area (TPSA) is 52.0 Å². The smallest absolute Gasteiger partial charge is 0.189 e. The van der Waals surface area contributed by atoms with Gasteiger partial charge in [-0.05, 0) is 31.1 Å². The molecule has 128 valence electrons. The SMILES string of the molecule is CCCCC=C=C(c1onc(-c2ccc(Cl)cc2)c1N)[Si](C)(C)C. The van der Waals surface area contributed by atoms with Crippen molar-refractivity contribution in [1.82, 2.24) is 5.16 Å². The molecule has 24 heavy (non-hydrogen) atoms. The fourth-order valence-electron chi connectivity index (χ4n) is 2.40. The van der Waals surface area contributed by atoms with Gasteiger partial charge in [-0.2, -0.15) is 0 Å². The van der Waals surface area contributed by atoms with Gasteiger partial charge in [0.15, 0.2) is 5.76 Å². The van der Waals surface area contributed by atoms with Gasteiger partial charge in [0.1, 0.15) is 11.4 Å². The van der Waals surface area contributed by atoms with Gasteiger partial charge in [-0.25, -0.2) is 0 Å². The van der Waals surface area contributed by atoms with Crippen molar-refractivity contribution in [1.29, 1.82) is 0 Å². The number of halogens is 1. The van der Waals surface area contributed by atoms with Crippen molar-refractivity contribution in [2.75, 3.05) is 5.73 Å². The van der Waals surface area contributed by atoms with Crippen LogP contribution in [0.4, 0.5) is 5.69 Å². The lowest BCUT2D eigenvalue weighted by Crippen LogP contribution is -2.22. The number of hydrogen-bond acceptors (Lipinski definition) is 3. The van der Waals surface area contributed by atoms with Gasteiger partial charge in [0.25, 0.3) is 0 Å². The number of allylic oxidation sites excluding steroid dienone is 1. The van der Waals surface area contributed by atoms with E-state index in [-0.39, 0.29) is 0 Å². The summed E-state index contributed by atoms with van der Waals surface area (Å²) < 4.78 is 5.63. The maximum Gasteiger partial charge on any atom is 0.189 e. The summed E-state index contributed by atoms with van der Waals surface area (Å²) >= 11 is 5.95. The lowest BCUT2D eigenvalue weighted by Gasteiger charge is -2.16. The second-order valence-corrected chi connectivity index (χ2v) is 12.3. The Bertz CT molecular complexity index is 751. The van der Waals surface area contributed by atoms with Crippen LogP contribution in [0.3, 0.4) is 0 Å². The Balaban J connectivity index is 2.45. The number of benzene rings is 1. The van der Waals surface area contributed by atoms with E-state index in [1.54, 1.807) is 0 Å². The highest BCUT2D eigenvalue weighted by atomic mass is 35.5. The molecule has 0 amide bonds. The highest BCUT2D eigenvalue weighted by molar-refractivity contribution is 6.93. The molecule has 2 aromatic rings. The molecule has 1 heterocycles. The van der Waals surface area contributed by atoms with Crippen molar-refractivity contribution in [2.24, 2.45) is 0 Å². The number of hydrogen-bond donors (Lipinski definition) is 1. The monoisotopic (exact) mass is 360 g/mol. The average Bonchev–Trinajstić information content (AvgIpc) is 2.88. The van der Waals surface area contributed by atoms with Crippen LogP contribution in [-0.2, 0) is 0 Å². The fourth-order valence-corrected chi connectivity index (χ4v) is 3.92. The first kappa shape index (κ1) is 18.6. The maximum absolute atomic E-state index is 6.36. The van der Waals surface area contributed by atoms with Crippen LogP contribution < -0.4 is 5.73 Å². The molecular weight excluding hydrogens is 336 g/mol. The summed E-state index contributed by atoms with van der Waals surface area (Å²) in [6.07, 6.45) is 5.45. The highest BCUT2D eigenvalue weighted by Crippen LogP contribution is 2.35. The van der Waals surface area contributed by atoms with E-state index in [0.29, 0.717) is 22.2 Å². The molecule has 5 heteroatoms. The summed E-state index contributed by atoms with van der Waals surface area (Å²) in [4.78, 5) is 0. The van der Waals surface area contributed by atoms with Gasteiger partial charge in [-0.1, -0.05) is 61.9 Å². The van der Waals surface area contributed by atoms with Crippen LogP contribution in [0.1, 0.15) is 31.9 Å². The number of aromatic nitrogens is 1. The Labute approximate surface area is 150 Å². The van der Waals surface area contributed by atoms with Gasteiger partial charge in [0, 0.05) is 15.8 Å². The predicted molar refractivity (Wildman–Crippen MR) is 106 cm³/mol. The van der Waals surface area contributed by atoms with Crippen LogP contribution in [0.2, 0.25) is 24.7 Å². The lowest BCUT2D eigenvalue weighted by molar-refractivity contribution is 0.414. The van der Waals surface area contributed by atoms with E-state index >= 15 is 0 Å². The van der Waals surface area contributed by atoms with Gasteiger partial charge in [-0.15, -0.1) is 5.73 Å². The summed E-state index contributed by atoms with van der Waals surface area (Å²) in [7, 11) is -1.68. The molecule has 1 aromatic carbocycles. The van der Waals surface area contributed by atoms with Gasteiger partial charge in [0.05, 0.1) is 8.07 Å². The first-order chi connectivity index (χ1) is 11.3. The molecule has 2 N–H and O–H groups in total. The van der Waals surface area contributed by atoms with Crippen LogP contribution in [0.25, 0.3) is 16.5 Å². The number of rotatable bonds is 6. The van der Waals surface area contributed by atoms with Gasteiger partial charge in [0.2, 0.25) is 0 Å². The van der Waals surface area contributed by atoms with Crippen LogP contribution in [0.15, 0.2) is 40.6 Å². The predicted octanol–water partition coefficient (Wildman–Crippen LogP) is 6.18. The molecule has 2 rings (SSSR count). The first-order valence-corrected chi connectivity index (χ1v) is 12.2. The quantitative estimate of drug-likeness (QED) is 0.380. The van der Waals surface area contributed by atoms with E-state index in [1.807, 2.05) is 24.3 Å². The molecule has 0 saturated heterocycles. The summed E-state index contributed by atoms with van der Waals surface area (Å²) in [5.41, 5.74) is 11.9. The molecule has 0 spiro atoms. The standard InChI is InChI=1S/C19H25ClN2OSi/c1-5-6-7-8-9-16(24(2,3)4)19-17(21)18(22-23-19)14-10-12-15(20)13-11-14/h8,10-13H,5-7,21H2,1-4H3. The normalized spacial score (nSPS) is 11.2. The number of nitrogen functional groups attached to an aromatic ring is 1. The molecule has 0 aliphatic carbocycles. The minimum absolute atomic E-state index is 0.575. The largest absolute Gasteiger partial charge is 0.394 e. The minimum Gasteiger partial charge on any atom is -0.394 e. The molecule has 0 atom stereocenters. The zero-order chi connectivity index (χ0) is 17.7. The molecule has 0 saturated carbocycles. The molecule has 0 radical (unpaired) electrons. The van der Waals surface area contributed by atoms with Gasteiger partial charge in [-0.3, -0.25) is 0 Å². The third kappa shape index (κ3) is 4.41. The van der Waals surface area contributed by atoms with Crippen LogP contribution in [-0.4, -0.2) is 13.2 Å². The summed E-state index contributed by atoms with van der Waals surface area (Å²) in [5, 5.41) is 5.95. The zero-order valence-corrected chi connectivity index (χ0v) is 16.6. The first-order valence-electron chi connectivity index (χ1n) is 8.31. The molecule has 0 bridgehead atoms. The minimum atomic E-state index is -1.68. The molecule has 0 fully saturated rings. The summed E-state index contributed by atoms with van der Waals surface area (Å²) in [6.45, 7) is 8.95. The molecule has 0 aliphatic rings. The number of nitrogens with two attached hydrogens (primary N) is 1. The lowest BCUT2D eigenvalue weighted by atomic mass is 10.1. The maximum atomic E-state index is 6.36. The second kappa shape index (κ2) is 7.89. The van der Waals surface area contributed by atoms with Crippen molar-refractivity contribution in [3.63, 3.8) is 0 Å². The number of anilines is 1. The Morgan fingerprint density at radius 3 is 2.54 bits per heavy atom. The van der Waals surface area contributed by atoms with Crippen molar-refractivity contribution in [3.8, 4) is 11.3 Å².